The van der Waals surface area contributed by atoms with Crippen LogP contribution in [-0.4, -0.2) is 33.1 Å². The Morgan fingerprint density at radius 3 is 2.92 bits per heavy atom. The molecule has 136 valence electrons. The van der Waals surface area contributed by atoms with Gasteiger partial charge in [0.1, 0.15) is 5.82 Å². The van der Waals surface area contributed by atoms with E-state index in [4.69, 9.17) is 4.74 Å². The summed E-state index contributed by atoms with van der Waals surface area (Å²) in [6, 6.07) is 6.44. The summed E-state index contributed by atoms with van der Waals surface area (Å²) >= 11 is 0. The topological polar surface area (TPSA) is 67.8 Å². The van der Waals surface area contributed by atoms with Gasteiger partial charge in [-0.1, -0.05) is 0 Å². The quantitative estimate of drug-likeness (QED) is 0.713. The average molecular weight is 355 g/mol. The first-order valence-electron chi connectivity index (χ1n) is 8.80. The van der Waals surface area contributed by atoms with Crippen molar-refractivity contribution < 1.29 is 9.13 Å². The number of aryl methyl sites for hydroxylation is 1. The summed E-state index contributed by atoms with van der Waals surface area (Å²) < 4.78 is 20.8. The van der Waals surface area contributed by atoms with E-state index in [9.17, 15) is 4.39 Å². The molecule has 6 nitrogen and oxygen atoms in total. The minimum atomic E-state index is -0.240. The Labute approximate surface area is 151 Å². The van der Waals surface area contributed by atoms with Crippen molar-refractivity contribution in [1.29, 1.82) is 0 Å². The second kappa shape index (κ2) is 7.39. The standard InChI is InChI=1S/C19H22FN5O/c1-25-12-16(11-23-25)19-14(6-7-26-19)8-21-9-15-10-22-24-18(15)13-2-4-17(20)5-3-13/h2-5,10-12,14,19,21H,6-9H2,1H3,(H,22,24)/t14-,19+/m0/s1. The lowest BCUT2D eigenvalue weighted by Gasteiger charge is -2.17. The van der Waals surface area contributed by atoms with Crippen molar-refractivity contribution in [3.05, 3.63) is 59.8 Å². The number of aromatic amines is 1. The molecular formula is C19H22FN5O. The summed E-state index contributed by atoms with van der Waals surface area (Å²) in [7, 11) is 1.92. The zero-order valence-electron chi connectivity index (χ0n) is 14.7. The van der Waals surface area contributed by atoms with Crippen molar-refractivity contribution in [2.75, 3.05) is 13.2 Å². The van der Waals surface area contributed by atoms with Gasteiger partial charge in [-0.3, -0.25) is 9.78 Å². The summed E-state index contributed by atoms with van der Waals surface area (Å²) in [5.41, 5.74) is 4.04. The molecule has 0 spiro atoms. The van der Waals surface area contributed by atoms with Crippen molar-refractivity contribution in [3.8, 4) is 11.3 Å². The number of H-pyrrole nitrogens is 1. The first-order valence-corrected chi connectivity index (χ1v) is 8.80. The van der Waals surface area contributed by atoms with Crippen LogP contribution in [0.3, 0.4) is 0 Å². The second-order valence-electron chi connectivity index (χ2n) is 6.70. The monoisotopic (exact) mass is 355 g/mol. The maximum absolute atomic E-state index is 13.1. The van der Waals surface area contributed by atoms with Crippen molar-refractivity contribution in [3.63, 3.8) is 0 Å². The fourth-order valence-electron chi connectivity index (χ4n) is 3.50. The van der Waals surface area contributed by atoms with E-state index in [1.54, 1.807) is 12.1 Å². The number of nitrogens with one attached hydrogen (secondary N) is 2. The summed E-state index contributed by atoms with van der Waals surface area (Å²) in [6.45, 7) is 2.32. The number of hydrogen-bond donors (Lipinski definition) is 2. The van der Waals surface area contributed by atoms with Crippen LogP contribution in [0.15, 0.2) is 42.9 Å². The fraction of sp³-hybridized carbons (Fsp3) is 0.368. The molecule has 0 saturated carbocycles. The van der Waals surface area contributed by atoms with E-state index in [1.165, 1.54) is 12.1 Å². The van der Waals surface area contributed by atoms with Crippen molar-refractivity contribution in [2.24, 2.45) is 13.0 Å². The van der Waals surface area contributed by atoms with Crippen LogP contribution in [0.1, 0.15) is 23.7 Å². The molecule has 7 heteroatoms. The maximum atomic E-state index is 13.1. The Balaban J connectivity index is 1.38. The average Bonchev–Trinajstić information content (AvgIpc) is 3.36. The van der Waals surface area contributed by atoms with Gasteiger partial charge in [0.15, 0.2) is 0 Å². The molecule has 0 aliphatic carbocycles. The molecule has 3 aromatic rings. The molecule has 1 fully saturated rings. The third kappa shape index (κ3) is 3.54. The van der Waals surface area contributed by atoms with Crippen molar-refractivity contribution >= 4 is 0 Å². The number of hydrogen-bond acceptors (Lipinski definition) is 4. The number of nitrogens with zero attached hydrogens (tertiary/aromatic N) is 3. The zero-order valence-corrected chi connectivity index (χ0v) is 14.7. The van der Waals surface area contributed by atoms with Gasteiger partial charge < -0.3 is 10.1 Å². The van der Waals surface area contributed by atoms with E-state index < -0.39 is 0 Å². The molecule has 1 aromatic carbocycles. The van der Waals surface area contributed by atoms with Crippen LogP contribution >= 0.6 is 0 Å². The predicted octanol–water partition coefficient (Wildman–Crippen LogP) is 2.82. The van der Waals surface area contributed by atoms with Crippen LogP contribution in [0.2, 0.25) is 0 Å². The first kappa shape index (κ1) is 16.9. The Morgan fingerprint density at radius 1 is 1.31 bits per heavy atom. The molecule has 0 amide bonds. The van der Waals surface area contributed by atoms with Gasteiger partial charge in [-0.25, -0.2) is 4.39 Å². The molecule has 0 bridgehead atoms. The van der Waals surface area contributed by atoms with Gasteiger partial charge in [0.2, 0.25) is 0 Å². The first-order chi connectivity index (χ1) is 12.7. The van der Waals surface area contributed by atoms with Gasteiger partial charge in [0.05, 0.1) is 24.2 Å². The molecule has 1 aliphatic rings. The maximum Gasteiger partial charge on any atom is 0.123 e. The van der Waals surface area contributed by atoms with Gasteiger partial charge in [0, 0.05) is 55.5 Å². The fourth-order valence-corrected chi connectivity index (χ4v) is 3.50. The Morgan fingerprint density at radius 2 is 2.15 bits per heavy atom. The highest BCUT2D eigenvalue weighted by molar-refractivity contribution is 5.62. The molecule has 1 aliphatic heterocycles. The van der Waals surface area contributed by atoms with Gasteiger partial charge in [-0.15, -0.1) is 0 Å². The summed E-state index contributed by atoms with van der Waals surface area (Å²) in [4.78, 5) is 0. The highest BCUT2D eigenvalue weighted by Crippen LogP contribution is 2.33. The largest absolute Gasteiger partial charge is 0.373 e. The molecule has 3 heterocycles. The summed E-state index contributed by atoms with van der Waals surface area (Å²) in [5.74, 6) is 0.177. The molecule has 2 atom stereocenters. The van der Waals surface area contributed by atoms with Crippen LogP contribution < -0.4 is 5.32 Å². The lowest BCUT2D eigenvalue weighted by atomic mass is 9.97. The van der Waals surface area contributed by atoms with Crippen LogP contribution in [0.25, 0.3) is 11.3 Å². The molecule has 4 rings (SSSR count). The van der Waals surface area contributed by atoms with Crippen LogP contribution in [0.4, 0.5) is 4.39 Å². The smallest absolute Gasteiger partial charge is 0.123 e. The summed E-state index contributed by atoms with van der Waals surface area (Å²) in [5, 5.41) is 14.9. The summed E-state index contributed by atoms with van der Waals surface area (Å²) in [6.07, 6.45) is 6.84. The van der Waals surface area contributed by atoms with E-state index in [-0.39, 0.29) is 11.9 Å². The number of benzene rings is 1. The third-order valence-electron chi connectivity index (χ3n) is 4.84. The number of halogens is 1. The van der Waals surface area contributed by atoms with Crippen LogP contribution in [0, 0.1) is 11.7 Å². The van der Waals surface area contributed by atoms with Gasteiger partial charge in [-0.05, 0) is 30.7 Å². The predicted molar refractivity (Wildman–Crippen MR) is 95.7 cm³/mol. The van der Waals surface area contributed by atoms with Crippen molar-refractivity contribution in [2.45, 2.75) is 19.1 Å². The van der Waals surface area contributed by atoms with Crippen LogP contribution in [0.5, 0.6) is 0 Å². The van der Waals surface area contributed by atoms with Crippen molar-refractivity contribution in [1.82, 2.24) is 25.3 Å². The molecule has 2 N–H and O–H groups in total. The lowest BCUT2D eigenvalue weighted by Crippen LogP contribution is -2.24. The number of rotatable bonds is 6. The highest BCUT2D eigenvalue weighted by atomic mass is 19.1. The zero-order chi connectivity index (χ0) is 17.9. The normalized spacial score (nSPS) is 19.9. The van der Waals surface area contributed by atoms with E-state index in [0.717, 1.165) is 42.0 Å². The van der Waals surface area contributed by atoms with Crippen LogP contribution in [-0.2, 0) is 18.3 Å². The van der Waals surface area contributed by atoms with E-state index in [1.807, 2.05) is 30.3 Å². The SMILES string of the molecule is Cn1cc([C@@H]2OCC[C@H]2CNCc2cn[nH]c2-c2ccc(F)cc2)cn1. The molecule has 0 unspecified atom stereocenters. The molecule has 26 heavy (non-hydrogen) atoms. The Kier molecular flexibility index (Phi) is 4.81. The van der Waals surface area contributed by atoms with Gasteiger partial charge in [0.25, 0.3) is 0 Å². The minimum Gasteiger partial charge on any atom is -0.373 e. The molecule has 1 saturated heterocycles. The van der Waals surface area contributed by atoms with E-state index >= 15 is 0 Å². The van der Waals surface area contributed by atoms with Gasteiger partial charge in [-0.2, -0.15) is 10.2 Å². The molecule has 2 aromatic heterocycles. The van der Waals surface area contributed by atoms with E-state index in [0.29, 0.717) is 12.5 Å². The Hall–Kier alpha value is -2.51. The highest BCUT2D eigenvalue weighted by Gasteiger charge is 2.30. The van der Waals surface area contributed by atoms with Gasteiger partial charge >= 0.3 is 0 Å². The number of ether oxygens (including phenoxy) is 1. The second-order valence-corrected chi connectivity index (χ2v) is 6.70. The Bertz CT molecular complexity index is 857. The molecule has 0 radical (unpaired) electrons. The van der Waals surface area contributed by atoms with E-state index in [2.05, 4.69) is 20.6 Å². The third-order valence-corrected chi connectivity index (χ3v) is 4.84. The molecular weight excluding hydrogens is 333 g/mol. The number of aromatic nitrogens is 4. The minimum absolute atomic E-state index is 0.0946. The lowest BCUT2D eigenvalue weighted by molar-refractivity contribution is 0.0904.